The summed E-state index contributed by atoms with van der Waals surface area (Å²) in [5, 5.41) is 3.23. The van der Waals surface area contributed by atoms with Gasteiger partial charge in [-0.15, -0.1) is 0 Å². The summed E-state index contributed by atoms with van der Waals surface area (Å²) in [5.41, 5.74) is 0.791. The summed E-state index contributed by atoms with van der Waals surface area (Å²) in [4.78, 5) is 25.7. The summed E-state index contributed by atoms with van der Waals surface area (Å²) < 4.78 is 16.1. The van der Waals surface area contributed by atoms with Crippen LogP contribution in [0, 0.1) is 6.92 Å². The number of methoxy groups -OCH3 is 3. The minimum atomic E-state index is -0.0365. The molecule has 2 heterocycles. The maximum atomic E-state index is 12.7. The minimum Gasteiger partial charge on any atom is -0.493 e. The van der Waals surface area contributed by atoms with Crippen LogP contribution in [0.1, 0.15) is 18.3 Å². The van der Waals surface area contributed by atoms with Gasteiger partial charge in [-0.1, -0.05) is 0 Å². The molecule has 0 bridgehead atoms. The Balaban J connectivity index is 1.64. The van der Waals surface area contributed by atoms with Crippen molar-refractivity contribution in [3.8, 4) is 17.2 Å². The first-order valence-corrected chi connectivity index (χ1v) is 10.6. The van der Waals surface area contributed by atoms with E-state index in [1.165, 1.54) is 0 Å². The molecule has 0 aliphatic carbocycles. The molecule has 1 aromatic carbocycles. The zero-order chi connectivity index (χ0) is 23.1. The Hall–Kier alpha value is -3.49. The Morgan fingerprint density at radius 3 is 2.25 bits per heavy atom. The lowest BCUT2D eigenvalue weighted by Gasteiger charge is -2.35. The number of nitrogens with one attached hydrogen (secondary N) is 1. The summed E-state index contributed by atoms with van der Waals surface area (Å²) in [6.07, 6.45) is 3.34. The summed E-state index contributed by atoms with van der Waals surface area (Å²) in [6, 6.07) is 5.57. The van der Waals surface area contributed by atoms with Gasteiger partial charge in [0.1, 0.15) is 17.5 Å². The summed E-state index contributed by atoms with van der Waals surface area (Å²) in [5.74, 6) is 4.01. The standard InChI is InChI=1S/C23H31N5O4/c1-6-24-20-15-21(26-16(2)25-20)27-9-11-28(12-10-27)22(29)8-7-17-13-18(30-3)23(32-5)19(14-17)31-4/h7-8,13-15H,6,9-12H2,1-5H3,(H,24,25,26)/b8-7+. The second kappa shape index (κ2) is 10.7. The Kier molecular flexibility index (Phi) is 7.75. The predicted molar refractivity (Wildman–Crippen MR) is 125 cm³/mol. The van der Waals surface area contributed by atoms with Crippen LogP contribution >= 0.6 is 0 Å². The number of rotatable bonds is 8. The second-order valence-electron chi connectivity index (χ2n) is 7.29. The number of piperazine rings is 1. The number of anilines is 2. The Morgan fingerprint density at radius 2 is 1.69 bits per heavy atom. The number of hydrogen-bond acceptors (Lipinski definition) is 8. The SMILES string of the molecule is CCNc1cc(N2CCN(C(=O)/C=C/c3cc(OC)c(OC)c(OC)c3)CC2)nc(C)n1. The zero-order valence-electron chi connectivity index (χ0n) is 19.3. The van der Waals surface area contributed by atoms with E-state index in [0.29, 0.717) is 43.4 Å². The van der Waals surface area contributed by atoms with Crippen LogP contribution in [0.3, 0.4) is 0 Å². The van der Waals surface area contributed by atoms with Crippen molar-refractivity contribution < 1.29 is 19.0 Å². The molecule has 1 N–H and O–H groups in total. The molecular formula is C23H31N5O4. The number of aryl methyl sites for hydroxylation is 1. The van der Waals surface area contributed by atoms with E-state index in [1.54, 1.807) is 33.5 Å². The molecule has 32 heavy (non-hydrogen) atoms. The van der Waals surface area contributed by atoms with E-state index in [2.05, 4.69) is 20.2 Å². The van der Waals surface area contributed by atoms with Crippen LogP contribution in [0.2, 0.25) is 0 Å². The van der Waals surface area contributed by atoms with Gasteiger partial charge < -0.3 is 29.3 Å². The molecule has 2 aromatic rings. The molecule has 1 amide bonds. The largest absolute Gasteiger partial charge is 0.493 e. The second-order valence-corrected chi connectivity index (χ2v) is 7.29. The number of amides is 1. The summed E-state index contributed by atoms with van der Waals surface area (Å²) >= 11 is 0. The van der Waals surface area contributed by atoms with Crippen molar-refractivity contribution in [1.29, 1.82) is 0 Å². The number of carbonyl (C=O) groups is 1. The van der Waals surface area contributed by atoms with Crippen LogP contribution in [0.4, 0.5) is 11.6 Å². The number of benzene rings is 1. The molecule has 1 fully saturated rings. The molecule has 0 radical (unpaired) electrons. The number of carbonyl (C=O) groups excluding carboxylic acids is 1. The van der Waals surface area contributed by atoms with E-state index in [9.17, 15) is 4.79 Å². The number of nitrogens with zero attached hydrogens (tertiary/aromatic N) is 4. The lowest BCUT2D eigenvalue weighted by molar-refractivity contribution is -0.126. The first kappa shape index (κ1) is 23.2. The van der Waals surface area contributed by atoms with E-state index in [1.807, 2.05) is 36.9 Å². The highest BCUT2D eigenvalue weighted by Gasteiger charge is 2.21. The highest BCUT2D eigenvalue weighted by molar-refractivity contribution is 5.92. The molecule has 0 spiro atoms. The maximum Gasteiger partial charge on any atom is 0.246 e. The molecule has 1 saturated heterocycles. The molecule has 0 saturated carbocycles. The molecule has 0 atom stereocenters. The average molecular weight is 442 g/mol. The molecule has 0 unspecified atom stereocenters. The van der Waals surface area contributed by atoms with Crippen LogP contribution in [0.5, 0.6) is 17.2 Å². The molecule has 3 rings (SSSR count). The van der Waals surface area contributed by atoms with Crippen LogP contribution in [-0.2, 0) is 4.79 Å². The van der Waals surface area contributed by atoms with Gasteiger partial charge in [-0.2, -0.15) is 0 Å². The zero-order valence-corrected chi connectivity index (χ0v) is 19.3. The van der Waals surface area contributed by atoms with Crippen molar-refractivity contribution in [1.82, 2.24) is 14.9 Å². The van der Waals surface area contributed by atoms with Crippen molar-refractivity contribution in [2.45, 2.75) is 13.8 Å². The first-order valence-electron chi connectivity index (χ1n) is 10.6. The van der Waals surface area contributed by atoms with Crippen LogP contribution in [-0.4, -0.2) is 74.8 Å². The van der Waals surface area contributed by atoms with Crippen molar-refractivity contribution in [2.24, 2.45) is 0 Å². The topological polar surface area (TPSA) is 89.1 Å². The van der Waals surface area contributed by atoms with E-state index >= 15 is 0 Å². The van der Waals surface area contributed by atoms with Crippen molar-refractivity contribution in [3.05, 3.63) is 35.7 Å². The number of ether oxygens (including phenoxy) is 3. The molecule has 1 aliphatic rings. The van der Waals surface area contributed by atoms with Gasteiger partial charge in [-0.05, 0) is 37.6 Å². The van der Waals surface area contributed by atoms with E-state index in [4.69, 9.17) is 14.2 Å². The quantitative estimate of drug-likeness (QED) is 0.626. The van der Waals surface area contributed by atoms with E-state index in [0.717, 1.165) is 29.6 Å². The molecule has 9 heteroatoms. The third kappa shape index (κ3) is 5.40. The number of aromatic nitrogens is 2. The summed E-state index contributed by atoms with van der Waals surface area (Å²) in [7, 11) is 4.69. The lowest BCUT2D eigenvalue weighted by atomic mass is 10.1. The fourth-order valence-corrected chi connectivity index (χ4v) is 3.61. The third-order valence-electron chi connectivity index (χ3n) is 5.20. The van der Waals surface area contributed by atoms with E-state index < -0.39 is 0 Å². The van der Waals surface area contributed by atoms with E-state index in [-0.39, 0.29) is 5.91 Å². The van der Waals surface area contributed by atoms with Gasteiger partial charge in [-0.3, -0.25) is 4.79 Å². The smallest absolute Gasteiger partial charge is 0.246 e. The fraction of sp³-hybridized carbons (Fsp3) is 0.435. The lowest BCUT2D eigenvalue weighted by Crippen LogP contribution is -2.48. The van der Waals surface area contributed by atoms with Crippen LogP contribution < -0.4 is 24.4 Å². The minimum absolute atomic E-state index is 0.0365. The average Bonchev–Trinajstić information content (AvgIpc) is 2.81. The van der Waals surface area contributed by atoms with Gasteiger partial charge >= 0.3 is 0 Å². The normalized spacial score (nSPS) is 13.9. The molecule has 1 aliphatic heterocycles. The van der Waals surface area contributed by atoms with Crippen LogP contribution in [0.25, 0.3) is 6.08 Å². The fourth-order valence-electron chi connectivity index (χ4n) is 3.61. The molecule has 172 valence electrons. The predicted octanol–water partition coefficient (Wildman–Crippen LogP) is 2.60. The van der Waals surface area contributed by atoms with Crippen molar-refractivity contribution >= 4 is 23.6 Å². The Bertz CT molecular complexity index is 946. The molecule has 9 nitrogen and oxygen atoms in total. The molecular weight excluding hydrogens is 410 g/mol. The highest BCUT2D eigenvalue weighted by atomic mass is 16.5. The van der Waals surface area contributed by atoms with Gasteiger partial charge in [0.25, 0.3) is 0 Å². The first-order chi connectivity index (χ1) is 15.5. The van der Waals surface area contributed by atoms with Gasteiger partial charge in [0, 0.05) is 44.9 Å². The monoisotopic (exact) mass is 441 g/mol. The Labute approximate surface area is 189 Å². The van der Waals surface area contributed by atoms with Gasteiger partial charge in [0.15, 0.2) is 11.5 Å². The van der Waals surface area contributed by atoms with Gasteiger partial charge in [0.2, 0.25) is 11.7 Å². The van der Waals surface area contributed by atoms with Crippen LogP contribution in [0.15, 0.2) is 24.3 Å². The number of hydrogen-bond donors (Lipinski definition) is 1. The van der Waals surface area contributed by atoms with Crippen molar-refractivity contribution in [3.63, 3.8) is 0 Å². The van der Waals surface area contributed by atoms with Gasteiger partial charge in [0.05, 0.1) is 21.3 Å². The van der Waals surface area contributed by atoms with Gasteiger partial charge in [-0.25, -0.2) is 9.97 Å². The molecule has 1 aromatic heterocycles. The third-order valence-corrected chi connectivity index (χ3v) is 5.20. The maximum absolute atomic E-state index is 12.7. The Morgan fingerprint density at radius 1 is 1.03 bits per heavy atom. The summed E-state index contributed by atoms with van der Waals surface area (Å²) in [6.45, 7) is 7.40. The van der Waals surface area contributed by atoms with Crippen molar-refractivity contribution in [2.75, 3.05) is 64.3 Å². The highest BCUT2D eigenvalue weighted by Crippen LogP contribution is 2.38.